The van der Waals surface area contributed by atoms with E-state index in [1.807, 2.05) is 0 Å². The van der Waals surface area contributed by atoms with Crippen LogP contribution in [0.15, 0.2) is 5.51 Å². The Kier molecular flexibility index (Phi) is 2.29. The van der Waals surface area contributed by atoms with Crippen molar-refractivity contribution in [1.82, 2.24) is 15.1 Å². The highest BCUT2D eigenvalue weighted by atomic mass is 32.1. The number of aliphatic hydroxyl groups excluding tert-OH is 1. The maximum Gasteiger partial charge on any atom is 0.324 e. The van der Waals surface area contributed by atoms with Gasteiger partial charge in [0.15, 0.2) is 0 Å². The molecule has 2 amide bonds. The van der Waals surface area contributed by atoms with Crippen molar-refractivity contribution in [3.63, 3.8) is 0 Å². The van der Waals surface area contributed by atoms with Gasteiger partial charge in [0.25, 0.3) is 0 Å². The molecule has 2 fully saturated rings. The summed E-state index contributed by atoms with van der Waals surface area (Å²) in [6, 6.07) is -0.194. The monoisotopic (exact) mass is 240 g/mol. The summed E-state index contributed by atoms with van der Waals surface area (Å²) in [5.41, 5.74) is 1.57. The number of likely N-dealkylation sites (tertiary alicyclic amines) is 1. The zero-order valence-electron chi connectivity index (χ0n) is 8.54. The van der Waals surface area contributed by atoms with Crippen LogP contribution in [0.3, 0.4) is 0 Å². The molecule has 1 saturated carbocycles. The number of urea groups is 1. The number of carbonyl (C=O) groups excluding carboxylic acids is 1. The Balaban J connectivity index is 1.68. The fourth-order valence-corrected chi connectivity index (χ4v) is 3.05. The van der Waals surface area contributed by atoms with E-state index < -0.39 is 0 Å². The van der Waals surface area contributed by atoms with Crippen LogP contribution in [0.4, 0.5) is 9.93 Å². The van der Waals surface area contributed by atoms with Crippen LogP contribution in [-0.4, -0.2) is 44.9 Å². The van der Waals surface area contributed by atoms with Gasteiger partial charge in [-0.05, 0) is 18.8 Å². The van der Waals surface area contributed by atoms with E-state index in [-0.39, 0.29) is 18.2 Å². The lowest BCUT2D eigenvalue weighted by Crippen LogP contribution is -2.46. The molecule has 0 radical (unpaired) electrons. The number of nitrogens with one attached hydrogen (secondary N) is 1. The van der Waals surface area contributed by atoms with Crippen molar-refractivity contribution in [2.45, 2.75) is 25.0 Å². The summed E-state index contributed by atoms with van der Waals surface area (Å²) in [7, 11) is 0. The number of carbonyl (C=O) groups is 1. The van der Waals surface area contributed by atoms with Crippen molar-refractivity contribution in [3.8, 4) is 0 Å². The predicted octanol–water partition coefficient (Wildman–Crippen LogP) is 0.525. The molecule has 3 rings (SSSR count). The van der Waals surface area contributed by atoms with E-state index in [0.717, 1.165) is 19.4 Å². The number of hydrogen-bond donors (Lipinski definition) is 2. The molecule has 1 aromatic heterocycles. The fourth-order valence-electron chi connectivity index (χ4n) is 2.62. The molecular formula is C9H12N4O2S. The molecule has 3 atom stereocenters. The largest absolute Gasteiger partial charge is 0.391 e. The third kappa shape index (κ3) is 1.56. The van der Waals surface area contributed by atoms with E-state index in [0.29, 0.717) is 11.0 Å². The normalized spacial score (nSPS) is 32.1. The van der Waals surface area contributed by atoms with E-state index in [1.165, 1.54) is 11.3 Å². The molecule has 0 unspecified atom stereocenters. The topological polar surface area (TPSA) is 78.4 Å². The molecule has 1 aliphatic carbocycles. The smallest absolute Gasteiger partial charge is 0.324 e. The first-order valence-electron chi connectivity index (χ1n) is 5.26. The zero-order chi connectivity index (χ0) is 11.1. The van der Waals surface area contributed by atoms with Gasteiger partial charge in [-0.15, -0.1) is 10.2 Å². The number of amides is 2. The lowest BCUT2D eigenvalue weighted by Gasteiger charge is -2.30. The second-order valence-electron chi connectivity index (χ2n) is 4.30. The van der Waals surface area contributed by atoms with Gasteiger partial charge in [0.1, 0.15) is 5.51 Å². The van der Waals surface area contributed by atoms with Crippen LogP contribution in [0.5, 0.6) is 0 Å². The highest BCUT2D eigenvalue weighted by Crippen LogP contribution is 2.37. The lowest BCUT2D eigenvalue weighted by molar-refractivity contribution is 0.0766. The average Bonchev–Trinajstić information content (AvgIpc) is 2.91. The van der Waals surface area contributed by atoms with E-state index in [1.54, 1.807) is 10.4 Å². The van der Waals surface area contributed by atoms with Gasteiger partial charge >= 0.3 is 6.03 Å². The number of rotatable bonds is 1. The van der Waals surface area contributed by atoms with Crippen molar-refractivity contribution in [2.75, 3.05) is 11.9 Å². The van der Waals surface area contributed by atoms with Gasteiger partial charge in [0, 0.05) is 6.54 Å². The van der Waals surface area contributed by atoms with Crippen LogP contribution in [0, 0.1) is 5.92 Å². The van der Waals surface area contributed by atoms with Crippen LogP contribution in [-0.2, 0) is 0 Å². The Morgan fingerprint density at radius 3 is 3.12 bits per heavy atom. The average molecular weight is 240 g/mol. The first-order chi connectivity index (χ1) is 7.74. The van der Waals surface area contributed by atoms with Crippen LogP contribution in [0.1, 0.15) is 12.8 Å². The summed E-state index contributed by atoms with van der Waals surface area (Å²) in [6.45, 7) is 0.742. The van der Waals surface area contributed by atoms with Crippen molar-refractivity contribution in [2.24, 2.45) is 5.92 Å². The molecule has 0 spiro atoms. The predicted molar refractivity (Wildman–Crippen MR) is 58.2 cm³/mol. The molecule has 1 aromatic rings. The second kappa shape index (κ2) is 3.67. The van der Waals surface area contributed by atoms with Crippen LogP contribution < -0.4 is 5.32 Å². The van der Waals surface area contributed by atoms with Gasteiger partial charge in [-0.1, -0.05) is 11.3 Å². The maximum atomic E-state index is 11.9. The Bertz CT molecular complexity index is 396. The van der Waals surface area contributed by atoms with Crippen LogP contribution in [0.25, 0.3) is 0 Å². The van der Waals surface area contributed by atoms with E-state index >= 15 is 0 Å². The summed E-state index contributed by atoms with van der Waals surface area (Å²) < 4.78 is 0. The minimum Gasteiger partial charge on any atom is -0.391 e. The number of anilines is 1. The molecule has 0 aromatic carbocycles. The molecule has 1 aliphatic heterocycles. The third-order valence-corrected chi connectivity index (χ3v) is 3.89. The number of aliphatic hydroxyl groups is 1. The summed E-state index contributed by atoms with van der Waals surface area (Å²) in [5, 5.41) is 20.3. The van der Waals surface area contributed by atoms with Crippen LogP contribution >= 0.6 is 11.3 Å². The highest BCUT2D eigenvalue weighted by molar-refractivity contribution is 7.13. The molecule has 2 N–H and O–H groups in total. The number of hydrogen-bond acceptors (Lipinski definition) is 5. The third-order valence-electron chi connectivity index (χ3n) is 3.28. The number of aromatic nitrogens is 2. The molecule has 6 nitrogen and oxygen atoms in total. The zero-order valence-corrected chi connectivity index (χ0v) is 9.35. The Morgan fingerprint density at radius 1 is 1.62 bits per heavy atom. The van der Waals surface area contributed by atoms with Crippen molar-refractivity contribution >= 4 is 22.5 Å². The van der Waals surface area contributed by atoms with Gasteiger partial charge in [0.2, 0.25) is 5.13 Å². The molecule has 7 heteroatoms. The first kappa shape index (κ1) is 9.98. The number of fused-ring (bicyclic) bond motifs is 2. The standard InChI is InChI=1S/C9H12N4O2S/c14-7-2-5-1-6(7)13(3-5)9(15)11-8-12-10-4-16-8/h4-7,14H,1-3H2,(H,11,12,15)/t5-,6+,7+/m0/s1. The SMILES string of the molecule is O=C(Nc1nncs1)N1C[C@@H]2C[C@@H](O)[C@H]1C2. The second-order valence-corrected chi connectivity index (χ2v) is 5.13. The van der Waals surface area contributed by atoms with Crippen LogP contribution in [0.2, 0.25) is 0 Å². The summed E-state index contributed by atoms with van der Waals surface area (Å²) in [4.78, 5) is 13.6. The van der Waals surface area contributed by atoms with Gasteiger partial charge in [0.05, 0.1) is 12.1 Å². The van der Waals surface area contributed by atoms with Crippen molar-refractivity contribution in [3.05, 3.63) is 5.51 Å². The number of piperidine rings is 1. The minimum absolute atomic E-state index is 0.0158. The highest BCUT2D eigenvalue weighted by Gasteiger charge is 2.46. The van der Waals surface area contributed by atoms with E-state index in [9.17, 15) is 9.90 Å². The van der Waals surface area contributed by atoms with Crippen molar-refractivity contribution < 1.29 is 9.90 Å². The minimum atomic E-state index is -0.362. The van der Waals surface area contributed by atoms with Gasteiger partial charge < -0.3 is 10.0 Å². The Morgan fingerprint density at radius 2 is 2.50 bits per heavy atom. The first-order valence-corrected chi connectivity index (χ1v) is 6.14. The molecule has 2 bridgehead atoms. The Labute approximate surface area is 96.3 Å². The fraction of sp³-hybridized carbons (Fsp3) is 0.667. The van der Waals surface area contributed by atoms with E-state index in [4.69, 9.17) is 0 Å². The van der Waals surface area contributed by atoms with E-state index in [2.05, 4.69) is 15.5 Å². The van der Waals surface area contributed by atoms with Gasteiger partial charge in [-0.3, -0.25) is 5.32 Å². The molecule has 2 aliphatic rings. The quantitative estimate of drug-likeness (QED) is 0.750. The summed E-state index contributed by atoms with van der Waals surface area (Å²) in [6.07, 6.45) is 1.39. The molecule has 16 heavy (non-hydrogen) atoms. The molecular weight excluding hydrogens is 228 g/mol. The number of nitrogens with zero attached hydrogens (tertiary/aromatic N) is 3. The summed E-state index contributed by atoms with van der Waals surface area (Å²) >= 11 is 1.29. The molecule has 1 saturated heterocycles. The maximum absolute atomic E-state index is 11.9. The molecule has 2 heterocycles. The van der Waals surface area contributed by atoms with Gasteiger partial charge in [-0.25, -0.2) is 4.79 Å². The lowest BCUT2D eigenvalue weighted by atomic mass is 10.1. The van der Waals surface area contributed by atoms with Gasteiger partial charge in [-0.2, -0.15) is 0 Å². The Hall–Kier alpha value is -1.21. The molecule has 86 valence electrons. The van der Waals surface area contributed by atoms with Crippen molar-refractivity contribution in [1.29, 1.82) is 0 Å². The summed E-state index contributed by atoms with van der Waals surface area (Å²) in [5.74, 6) is 0.458.